The summed E-state index contributed by atoms with van der Waals surface area (Å²) in [6.45, 7) is 0. The van der Waals surface area contributed by atoms with Crippen LogP contribution in [0.1, 0.15) is 16.1 Å². The first-order chi connectivity index (χ1) is 12.4. The third kappa shape index (κ3) is 2.30. The molecule has 0 atom stereocenters. The Morgan fingerprint density at radius 3 is 2.54 bits per heavy atom. The number of hydrogen-bond donors (Lipinski definition) is 1. The number of fused-ring (bicyclic) bond motifs is 3. The summed E-state index contributed by atoms with van der Waals surface area (Å²) in [5.41, 5.74) is 1.40. The number of ether oxygens (including phenoxy) is 1. The van der Waals surface area contributed by atoms with Gasteiger partial charge in [0.1, 0.15) is 10.6 Å². The van der Waals surface area contributed by atoms with Crippen molar-refractivity contribution < 1.29 is 23.1 Å². The second-order valence-electron chi connectivity index (χ2n) is 5.82. The molecular formula is C18H14N2O5S. The average Bonchev–Trinajstić information content (AvgIpc) is 3.00. The molecule has 0 spiro atoms. The van der Waals surface area contributed by atoms with Crippen LogP contribution >= 0.6 is 0 Å². The lowest BCUT2D eigenvalue weighted by atomic mass is 10.0. The minimum atomic E-state index is -3.76. The minimum Gasteiger partial charge on any atom is -0.495 e. The Kier molecular flexibility index (Phi) is 3.58. The van der Waals surface area contributed by atoms with E-state index in [2.05, 4.69) is 5.10 Å². The highest BCUT2D eigenvalue weighted by Gasteiger charge is 2.38. The molecule has 1 N–H and O–H groups in total. The van der Waals surface area contributed by atoms with Gasteiger partial charge < -0.3 is 9.84 Å². The van der Waals surface area contributed by atoms with E-state index in [-0.39, 0.29) is 21.9 Å². The topological polar surface area (TPSA) is 98.5 Å². The van der Waals surface area contributed by atoms with Crippen molar-refractivity contribution in [2.24, 2.45) is 0 Å². The van der Waals surface area contributed by atoms with Crippen molar-refractivity contribution in [1.29, 1.82) is 0 Å². The summed E-state index contributed by atoms with van der Waals surface area (Å²) < 4.78 is 32.4. The molecule has 7 nitrogen and oxygen atoms in total. The van der Waals surface area contributed by atoms with Gasteiger partial charge in [-0.2, -0.15) is 5.10 Å². The molecule has 8 heteroatoms. The number of aromatic nitrogens is 2. The molecule has 0 radical (unpaired) electrons. The fourth-order valence-corrected chi connectivity index (χ4v) is 4.99. The fourth-order valence-electron chi connectivity index (χ4n) is 3.24. The molecule has 132 valence electrons. The van der Waals surface area contributed by atoms with Crippen LogP contribution < -0.4 is 4.74 Å². The molecule has 1 aliphatic rings. The number of methoxy groups -OCH3 is 1. The summed E-state index contributed by atoms with van der Waals surface area (Å²) in [7, 11) is -2.36. The number of carbonyl (C=O) groups is 1. The number of hydrogen-bond acceptors (Lipinski definition) is 5. The standard InChI is InChI=1S/C18H14N2O5S/c1-25-14-9-5-8-12-16-13(10-26(23,24)17(12)14)15(18(21)22)19-20(16)11-6-3-2-4-7-11/h2-9H,10H2,1H3,(H,21,22). The van der Waals surface area contributed by atoms with E-state index in [1.165, 1.54) is 11.8 Å². The predicted molar refractivity (Wildman–Crippen MR) is 93.4 cm³/mol. The van der Waals surface area contributed by atoms with Crippen molar-refractivity contribution in [2.75, 3.05) is 7.11 Å². The van der Waals surface area contributed by atoms with Gasteiger partial charge >= 0.3 is 5.97 Å². The lowest BCUT2D eigenvalue weighted by molar-refractivity contribution is 0.0689. The average molecular weight is 370 g/mol. The van der Waals surface area contributed by atoms with Gasteiger partial charge in [-0.15, -0.1) is 0 Å². The Hall–Kier alpha value is -3.13. The van der Waals surface area contributed by atoms with E-state index in [4.69, 9.17) is 4.74 Å². The highest BCUT2D eigenvalue weighted by Crippen LogP contribution is 2.44. The van der Waals surface area contributed by atoms with Crippen molar-refractivity contribution in [3.05, 3.63) is 59.8 Å². The molecule has 0 bridgehead atoms. The molecule has 2 heterocycles. The minimum absolute atomic E-state index is 0.0593. The van der Waals surface area contributed by atoms with Gasteiger partial charge in [0.2, 0.25) is 0 Å². The molecule has 0 fully saturated rings. The number of rotatable bonds is 3. The summed E-state index contributed by atoms with van der Waals surface area (Å²) in [5, 5.41) is 13.7. The second-order valence-corrected chi connectivity index (χ2v) is 7.75. The fraction of sp³-hybridized carbons (Fsp3) is 0.111. The highest BCUT2D eigenvalue weighted by atomic mass is 32.2. The Morgan fingerprint density at radius 2 is 1.88 bits per heavy atom. The van der Waals surface area contributed by atoms with Crippen LogP contribution in [0.4, 0.5) is 0 Å². The molecule has 0 saturated heterocycles. The normalized spacial score (nSPS) is 14.3. The van der Waals surface area contributed by atoms with Crippen LogP contribution in [0.5, 0.6) is 5.75 Å². The van der Waals surface area contributed by atoms with Gasteiger partial charge in [0.05, 0.1) is 24.2 Å². The number of benzene rings is 2. The predicted octanol–water partition coefficient (Wildman–Crippen LogP) is 2.53. The quantitative estimate of drug-likeness (QED) is 0.761. The van der Waals surface area contributed by atoms with Crippen LogP contribution in [-0.4, -0.2) is 36.4 Å². The zero-order valence-corrected chi connectivity index (χ0v) is 14.5. The molecule has 0 unspecified atom stereocenters. The van der Waals surface area contributed by atoms with Crippen LogP contribution in [0.25, 0.3) is 16.9 Å². The second kappa shape index (κ2) is 5.70. The number of sulfone groups is 1. The van der Waals surface area contributed by atoms with Gasteiger partial charge in [0.25, 0.3) is 0 Å². The molecule has 2 aromatic carbocycles. The van der Waals surface area contributed by atoms with Crippen molar-refractivity contribution in [3.8, 4) is 22.7 Å². The van der Waals surface area contributed by atoms with E-state index >= 15 is 0 Å². The van der Waals surface area contributed by atoms with Gasteiger partial charge in [-0.3, -0.25) is 0 Å². The van der Waals surface area contributed by atoms with Crippen molar-refractivity contribution in [2.45, 2.75) is 10.6 Å². The van der Waals surface area contributed by atoms with Crippen LogP contribution in [0, 0.1) is 0 Å². The third-order valence-electron chi connectivity index (χ3n) is 4.29. The molecule has 0 aliphatic carbocycles. The van der Waals surface area contributed by atoms with Crippen molar-refractivity contribution >= 4 is 15.8 Å². The maximum absolute atomic E-state index is 12.8. The summed E-state index contributed by atoms with van der Waals surface area (Å²) >= 11 is 0. The smallest absolute Gasteiger partial charge is 0.356 e. The van der Waals surface area contributed by atoms with Crippen LogP contribution in [0.3, 0.4) is 0 Å². The molecule has 1 aliphatic heterocycles. The number of carboxylic acids is 1. The lowest BCUT2D eigenvalue weighted by Gasteiger charge is -2.21. The largest absolute Gasteiger partial charge is 0.495 e. The third-order valence-corrected chi connectivity index (χ3v) is 6.00. The monoisotopic (exact) mass is 370 g/mol. The maximum atomic E-state index is 12.8. The Morgan fingerprint density at radius 1 is 1.15 bits per heavy atom. The lowest BCUT2D eigenvalue weighted by Crippen LogP contribution is -2.16. The summed E-state index contributed by atoms with van der Waals surface area (Å²) in [4.78, 5) is 11.7. The molecule has 1 aromatic heterocycles. The Bertz CT molecular complexity index is 1130. The van der Waals surface area contributed by atoms with Crippen molar-refractivity contribution in [3.63, 3.8) is 0 Å². The van der Waals surface area contributed by atoms with E-state index < -0.39 is 21.6 Å². The molecule has 0 amide bonds. The maximum Gasteiger partial charge on any atom is 0.356 e. The molecule has 0 saturated carbocycles. The summed E-state index contributed by atoms with van der Waals surface area (Å²) in [6.07, 6.45) is 0. The number of carboxylic acid groups (broad SMARTS) is 1. The van der Waals surface area contributed by atoms with Gasteiger partial charge in [-0.05, 0) is 18.2 Å². The molecule has 4 rings (SSSR count). The van der Waals surface area contributed by atoms with E-state index in [1.807, 2.05) is 6.07 Å². The number of para-hydroxylation sites is 1. The molecular weight excluding hydrogens is 356 g/mol. The first-order valence-electron chi connectivity index (χ1n) is 7.75. The highest BCUT2D eigenvalue weighted by molar-refractivity contribution is 7.91. The van der Waals surface area contributed by atoms with Gasteiger partial charge in [0.15, 0.2) is 15.5 Å². The van der Waals surface area contributed by atoms with Gasteiger partial charge in [-0.1, -0.05) is 30.3 Å². The zero-order chi connectivity index (χ0) is 18.5. The number of nitrogens with zero attached hydrogens (tertiary/aromatic N) is 2. The van der Waals surface area contributed by atoms with Crippen LogP contribution in [0.15, 0.2) is 53.4 Å². The van der Waals surface area contributed by atoms with E-state index in [1.54, 1.807) is 42.5 Å². The Labute approximate surface area is 149 Å². The van der Waals surface area contributed by atoms with E-state index in [0.29, 0.717) is 16.9 Å². The zero-order valence-electron chi connectivity index (χ0n) is 13.7. The van der Waals surface area contributed by atoms with E-state index in [0.717, 1.165) is 0 Å². The van der Waals surface area contributed by atoms with Crippen LogP contribution in [-0.2, 0) is 15.6 Å². The van der Waals surface area contributed by atoms with Crippen LogP contribution in [0.2, 0.25) is 0 Å². The SMILES string of the molecule is COc1cccc2c1S(=O)(=O)Cc1c(C(=O)O)nn(-c3ccccc3)c1-2. The summed E-state index contributed by atoms with van der Waals surface area (Å²) in [5.74, 6) is -1.48. The van der Waals surface area contributed by atoms with Gasteiger partial charge in [0, 0.05) is 11.1 Å². The number of aromatic carboxylic acids is 1. The first kappa shape index (κ1) is 16.3. The molecule has 3 aromatic rings. The Balaban J connectivity index is 2.13. The molecule has 26 heavy (non-hydrogen) atoms. The first-order valence-corrected chi connectivity index (χ1v) is 9.40. The van der Waals surface area contributed by atoms with E-state index in [9.17, 15) is 18.3 Å². The van der Waals surface area contributed by atoms with Gasteiger partial charge in [-0.25, -0.2) is 17.9 Å². The summed E-state index contributed by atoms with van der Waals surface area (Å²) in [6, 6.07) is 13.9. The van der Waals surface area contributed by atoms with Crippen molar-refractivity contribution in [1.82, 2.24) is 9.78 Å².